The first-order chi connectivity index (χ1) is 13.2. The van der Waals surface area contributed by atoms with Crippen LogP contribution in [0.3, 0.4) is 0 Å². The minimum absolute atomic E-state index is 0.106. The van der Waals surface area contributed by atoms with E-state index in [9.17, 15) is 9.59 Å². The number of piperidine rings is 2. The van der Waals surface area contributed by atoms with Crippen LogP contribution < -0.4 is 4.74 Å². The number of likely N-dealkylation sites (tertiary alicyclic amines) is 2. The van der Waals surface area contributed by atoms with Gasteiger partial charge in [0.25, 0.3) is 5.91 Å². The van der Waals surface area contributed by atoms with E-state index in [0.717, 1.165) is 64.0 Å². The third-order valence-electron chi connectivity index (χ3n) is 5.55. The molecule has 0 N–H and O–H groups in total. The Morgan fingerprint density at radius 3 is 2.63 bits per heavy atom. The quantitative estimate of drug-likeness (QED) is 0.764. The lowest BCUT2D eigenvalue weighted by atomic mass is 9.98. The molecule has 1 aromatic carbocycles. The molecule has 148 valence electrons. The molecular weight excluding hydrogens is 340 g/mol. The normalized spacial score (nSPS) is 20.4. The summed E-state index contributed by atoms with van der Waals surface area (Å²) in [6, 6.07) is 7.54. The average molecular weight is 373 g/mol. The first kappa shape index (κ1) is 19.7. The maximum atomic E-state index is 12.7. The molecular formula is C22H32N2O3. The molecule has 0 aliphatic carbocycles. The standard InChI is InChI=1S/C22H32N2O3/c1-2-8-21(25)24-14-7-9-18(16-24)17-27-20-11-6-10-19(15-20)22(26)23-12-4-3-5-13-23/h6,10-11,15,18H,2-5,7-9,12-14,16-17H2,1H3/t18-/m0/s1. The number of carbonyl (C=O) groups excluding carboxylic acids is 2. The van der Waals surface area contributed by atoms with Gasteiger partial charge in [-0.15, -0.1) is 0 Å². The lowest BCUT2D eigenvalue weighted by Gasteiger charge is -2.32. The van der Waals surface area contributed by atoms with Gasteiger partial charge in [-0.1, -0.05) is 13.0 Å². The van der Waals surface area contributed by atoms with E-state index in [4.69, 9.17) is 4.74 Å². The molecule has 2 heterocycles. The Balaban J connectivity index is 1.53. The number of ether oxygens (including phenoxy) is 1. The molecule has 1 aromatic rings. The monoisotopic (exact) mass is 372 g/mol. The minimum atomic E-state index is 0.106. The van der Waals surface area contributed by atoms with Crippen molar-refractivity contribution in [2.24, 2.45) is 5.92 Å². The van der Waals surface area contributed by atoms with Gasteiger partial charge < -0.3 is 14.5 Å². The van der Waals surface area contributed by atoms with Gasteiger partial charge in [0.2, 0.25) is 5.91 Å². The van der Waals surface area contributed by atoms with Crippen LogP contribution in [0.4, 0.5) is 0 Å². The van der Waals surface area contributed by atoms with Crippen molar-refractivity contribution in [1.29, 1.82) is 0 Å². The number of carbonyl (C=O) groups is 2. The molecule has 2 fully saturated rings. The van der Waals surface area contributed by atoms with Gasteiger partial charge in [0.1, 0.15) is 5.75 Å². The van der Waals surface area contributed by atoms with Crippen LogP contribution in [0, 0.1) is 5.92 Å². The summed E-state index contributed by atoms with van der Waals surface area (Å²) >= 11 is 0. The van der Waals surface area contributed by atoms with E-state index in [1.165, 1.54) is 6.42 Å². The number of hydrogen-bond acceptors (Lipinski definition) is 3. The molecule has 2 saturated heterocycles. The maximum Gasteiger partial charge on any atom is 0.253 e. The molecule has 0 unspecified atom stereocenters. The highest BCUT2D eigenvalue weighted by Gasteiger charge is 2.24. The summed E-state index contributed by atoms with van der Waals surface area (Å²) in [5, 5.41) is 0. The summed E-state index contributed by atoms with van der Waals surface area (Å²) in [6.07, 6.45) is 7.06. The first-order valence-corrected chi connectivity index (χ1v) is 10.5. The molecule has 0 spiro atoms. The Bertz CT molecular complexity index is 640. The van der Waals surface area contributed by atoms with E-state index in [1.807, 2.05) is 41.0 Å². The highest BCUT2D eigenvalue weighted by atomic mass is 16.5. The second-order valence-corrected chi connectivity index (χ2v) is 7.79. The molecule has 2 amide bonds. The number of amides is 2. The number of hydrogen-bond donors (Lipinski definition) is 0. The summed E-state index contributed by atoms with van der Waals surface area (Å²) < 4.78 is 6.00. The molecule has 0 saturated carbocycles. The lowest BCUT2D eigenvalue weighted by molar-refractivity contribution is -0.133. The fraction of sp³-hybridized carbons (Fsp3) is 0.636. The van der Waals surface area contributed by atoms with Gasteiger partial charge in [-0.05, 0) is 56.7 Å². The average Bonchev–Trinajstić information content (AvgIpc) is 2.73. The summed E-state index contributed by atoms with van der Waals surface area (Å²) in [5.74, 6) is 1.47. The summed E-state index contributed by atoms with van der Waals surface area (Å²) in [7, 11) is 0. The van der Waals surface area contributed by atoms with E-state index in [-0.39, 0.29) is 11.8 Å². The van der Waals surface area contributed by atoms with Crippen LogP contribution in [0.25, 0.3) is 0 Å². The molecule has 0 bridgehead atoms. The highest BCUT2D eigenvalue weighted by molar-refractivity contribution is 5.94. The minimum Gasteiger partial charge on any atom is -0.493 e. The van der Waals surface area contributed by atoms with Crippen molar-refractivity contribution >= 4 is 11.8 Å². The number of nitrogens with zero attached hydrogens (tertiary/aromatic N) is 2. The largest absolute Gasteiger partial charge is 0.493 e. The van der Waals surface area contributed by atoms with Crippen molar-refractivity contribution in [2.75, 3.05) is 32.8 Å². The fourth-order valence-corrected chi connectivity index (χ4v) is 4.01. The topological polar surface area (TPSA) is 49.9 Å². The Morgan fingerprint density at radius 1 is 1.07 bits per heavy atom. The first-order valence-electron chi connectivity index (χ1n) is 10.5. The smallest absolute Gasteiger partial charge is 0.253 e. The zero-order valence-electron chi connectivity index (χ0n) is 16.5. The predicted octanol–water partition coefficient (Wildman–Crippen LogP) is 3.73. The summed E-state index contributed by atoms with van der Waals surface area (Å²) in [4.78, 5) is 28.7. The summed E-state index contributed by atoms with van der Waals surface area (Å²) in [5.41, 5.74) is 0.706. The van der Waals surface area contributed by atoms with E-state index in [0.29, 0.717) is 24.5 Å². The second-order valence-electron chi connectivity index (χ2n) is 7.79. The Labute approximate surface area is 162 Å². The second kappa shape index (κ2) is 9.77. The molecule has 2 aliphatic rings. The van der Waals surface area contributed by atoms with Gasteiger partial charge in [-0.25, -0.2) is 0 Å². The van der Waals surface area contributed by atoms with Gasteiger partial charge in [-0.3, -0.25) is 9.59 Å². The fourth-order valence-electron chi connectivity index (χ4n) is 4.01. The molecule has 5 nitrogen and oxygen atoms in total. The third kappa shape index (κ3) is 5.47. The molecule has 2 aliphatic heterocycles. The number of rotatable bonds is 6. The maximum absolute atomic E-state index is 12.7. The Morgan fingerprint density at radius 2 is 1.85 bits per heavy atom. The van der Waals surface area contributed by atoms with Crippen molar-refractivity contribution in [2.45, 2.75) is 51.9 Å². The Kier molecular flexibility index (Phi) is 7.13. The Hall–Kier alpha value is -2.04. The van der Waals surface area contributed by atoms with Gasteiger partial charge in [0, 0.05) is 44.1 Å². The third-order valence-corrected chi connectivity index (χ3v) is 5.55. The number of benzene rings is 1. The van der Waals surface area contributed by atoms with E-state index < -0.39 is 0 Å². The van der Waals surface area contributed by atoms with Gasteiger partial charge in [0.05, 0.1) is 6.61 Å². The van der Waals surface area contributed by atoms with E-state index in [1.54, 1.807) is 0 Å². The lowest BCUT2D eigenvalue weighted by Crippen LogP contribution is -2.41. The van der Waals surface area contributed by atoms with Crippen LogP contribution in [0.15, 0.2) is 24.3 Å². The summed E-state index contributed by atoms with van der Waals surface area (Å²) in [6.45, 7) is 6.00. The highest BCUT2D eigenvalue weighted by Crippen LogP contribution is 2.21. The molecule has 5 heteroatoms. The molecule has 0 aromatic heterocycles. The molecule has 0 radical (unpaired) electrons. The molecule has 1 atom stereocenters. The SMILES string of the molecule is CCCC(=O)N1CCC[C@H](COc2cccc(C(=O)N3CCCCC3)c2)C1. The van der Waals surface area contributed by atoms with Crippen molar-refractivity contribution in [1.82, 2.24) is 9.80 Å². The van der Waals surface area contributed by atoms with Gasteiger partial charge in [-0.2, -0.15) is 0 Å². The van der Waals surface area contributed by atoms with Crippen molar-refractivity contribution in [3.63, 3.8) is 0 Å². The van der Waals surface area contributed by atoms with Crippen molar-refractivity contribution in [3.05, 3.63) is 29.8 Å². The zero-order valence-corrected chi connectivity index (χ0v) is 16.5. The molecule has 3 rings (SSSR count). The van der Waals surface area contributed by atoms with Crippen molar-refractivity contribution in [3.8, 4) is 5.75 Å². The van der Waals surface area contributed by atoms with Gasteiger partial charge >= 0.3 is 0 Å². The van der Waals surface area contributed by atoms with Crippen LogP contribution in [0.5, 0.6) is 5.75 Å². The van der Waals surface area contributed by atoms with Crippen molar-refractivity contribution < 1.29 is 14.3 Å². The van der Waals surface area contributed by atoms with Crippen LogP contribution in [0.2, 0.25) is 0 Å². The zero-order chi connectivity index (χ0) is 19.1. The van der Waals surface area contributed by atoms with Crippen LogP contribution in [-0.4, -0.2) is 54.4 Å². The molecule has 27 heavy (non-hydrogen) atoms. The van der Waals surface area contributed by atoms with E-state index >= 15 is 0 Å². The van der Waals surface area contributed by atoms with Crippen LogP contribution in [0.1, 0.15) is 62.2 Å². The predicted molar refractivity (Wildman–Crippen MR) is 106 cm³/mol. The van der Waals surface area contributed by atoms with Gasteiger partial charge in [0.15, 0.2) is 0 Å². The van der Waals surface area contributed by atoms with Crippen LogP contribution in [-0.2, 0) is 4.79 Å². The van der Waals surface area contributed by atoms with Crippen LogP contribution >= 0.6 is 0 Å². The van der Waals surface area contributed by atoms with E-state index in [2.05, 4.69) is 0 Å².